The van der Waals surface area contributed by atoms with Crippen LogP contribution in [0.4, 0.5) is 11.4 Å². The highest BCUT2D eigenvalue weighted by molar-refractivity contribution is 6.37. The molecule has 0 atom stereocenters. The number of hydrogen-bond donors (Lipinski definition) is 1. The van der Waals surface area contributed by atoms with E-state index in [1.165, 1.54) is 13.2 Å². The number of hydrogen-bond acceptors (Lipinski definition) is 3. The Hall–Kier alpha value is -2.08. The molecule has 1 aliphatic heterocycles. The molecule has 7 heteroatoms. The number of anilines is 2. The molecule has 2 aromatic carbocycles. The van der Waals surface area contributed by atoms with Gasteiger partial charge >= 0.3 is 0 Å². The van der Waals surface area contributed by atoms with Crippen LogP contribution in [-0.2, 0) is 16.0 Å². The summed E-state index contributed by atoms with van der Waals surface area (Å²) < 4.78 is 4.92. The molecule has 2 aromatic rings. The summed E-state index contributed by atoms with van der Waals surface area (Å²) in [6.07, 6.45) is 0.780. The van der Waals surface area contributed by atoms with Crippen molar-refractivity contribution in [3.8, 4) is 0 Å². The summed E-state index contributed by atoms with van der Waals surface area (Å²) in [6, 6.07) is 10.2. The third kappa shape index (κ3) is 3.79. The number of methoxy groups -OCH3 is 1. The van der Waals surface area contributed by atoms with Gasteiger partial charge in [0.25, 0.3) is 11.8 Å². The lowest BCUT2D eigenvalue weighted by Gasteiger charge is -2.17. The van der Waals surface area contributed by atoms with E-state index in [-0.39, 0.29) is 23.4 Å². The Kier molecular flexibility index (Phi) is 5.27. The van der Waals surface area contributed by atoms with Crippen LogP contribution in [0.25, 0.3) is 0 Å². The lowest BCUT2D eigenvalue weighted by Crippen LogP contribution is -2.32. The van der Waals surface area contributed by atoms with Gasteiger partial charge in [-0.15, -0.1) is 0 Å². The first kappa shape index (κ1) is 17.7. The maximum atomic E-state index is 12.4. The molecule has 2 amide bonds. The number of nitrogens with zero attached hydrogens (tertiary/aromatic N) is 1. The van der Waals surface area contributed by atoms with E-state index in [0.717, 1.165) is 17.7 Å². The van der Waals surface area contributed by atoms with Crippen LogP contribution in [0.15, 0.2) is 36.4 Å². The van der Waals surface area contributed by atoms with Crippen molar-refractivity contribution in [3.63, 3.8) is 0 Å². The third-order valence-corrected chi connectivity index (χ3v) is 4.53. The second kappa shape index (κ2) is 7.44. The Morgan fingerprint density at radius 3 is 2.72 bits per heavy atom. The Bertz CT molecular complexity index is 839. The van der Waals surface area contributed by atoms with E-state index >= 15 is 0 Å². The minimum Gasteiger partial charge on any atom is -0.375 e. The van der Waals surface area contributed by atoms with E-state index in [9.17, 15) is 9.59 Å². The Morgan fingerprint density at radius 1 is 1.20 bits per heavy atom. The summed E-state index contributed by atoms with van der Waals surface area (Å²) in [5.74, 6) is -0.445. The zero-order chi connectivity index (χ0) is 18.0. The number of amides is 2. The summed E-state index contributed by atoms with van der Waals surface area (Å²) in [5, 5.41) is 3.55. The van der Waals surface area contributed by atoms with Gasteiger partial charge in [-0.25, -0.2) is 0 Å². The van der Waals surface area contributed by atoms with Crippen LogP contribution < -0.4 is 10.2 Å². The average molecular weight is 379 g/mol. The van der Waals surface area contributed by atoms with Gasteiger partial charge in [-0.05, 0) is 42.3 Å². The first-order valence-electron chi connectivity index (χ1n) is 7.68. The lowest BCUT2D eigenvalue weighted by molar-refractivity contribution is -0.122. The highest BCUT2D eigenvalue weighted by Gasteiger charge is 2.25. The van der Waals surface area contributed by atoms with Gasteiger partial charge in [0.05, 0.1) is 10.6 Å². The van der Waals surface area contributed by atoms with Crippen molar-refractivity contribution in [2.75, 3.05) is 30.5 Å². The number of carbonyl (C=O) groups excluding carboxylic acids is 2. The summed E-state index contributed by atoms with van der Waals surface area (Å²) >= 11 is 11.9. The zero-order valence-electron chi connectivity index (χ0n) is 13.5. The van der Waals surface area contributed by atoms with Gasteiger partial charge in [-0.1, -0.05) is 29.3 Å². The molecule has 0 fully saturated rings. The third-order valence-electron chi connectivity index (χ3n) is 3.98. The van der Waals surface area contributed by atoms with Crippen LogP contribution in [0.2, 0.25) is 10.0 Å². The number of halogens is 2. The zero-order valence-corrected chi connectivity index (χ0v) is 15.0. The molecule has 0 radical (unpaired) electrons. The van der Waals surface area contributed by atoms with Gasteiger partial charge in [-0.2, -0.15) is 0 Å². The second-order valence-corrected chi connectivity index (χ2v) is 6.49. The summed E-state index contributed by atoms with van der Waals surface area (Å²) in [4.78, 5) is 26.2. The summed E-state index contributed by atoms with van der Waals surface area (Å²) in [5.41, 5.74) is 2.78. The van der Waals surface area contributed by atoms with E-state index in [4.69, 9.17) is 27.9 Å². The Balaban J connectivity index is 1.81. The number of carbonyl (C=O) groups is 2. The van der Waals surface area contributed by atoms with Gasteiger partial charge < -0.3 is 15.0 Å². The molecule has 0 saturated carbocycles. The number of ether oxygens (including phenoxy) is 1. The van der Waals surface area contributed by atoms with Crippen LogP contribution in [0.5, 0.6) is 0 Å². The van der Waals surface area contributed by atoms with Gasteiger partial charge in [-0.3, -0.25) is 9.59 Å². The van der Waals surface area contributed by atoms with E-state index in [2.05, 4.69) is 5.32 Å². The predicted octanol–water partition coefficient (Wildman–Crippen LogP) is 3.78. The normalized spacial score (nSPS) is 12.8. The second-order valence-electron chi connectivity index (χ2n) is 5.65. The van der Waals surface area contributed by atoms with Crippen LogP contribution in [-0.4, -0.2) is 32.1 Å². The van der Waals surface area contributed by atoms with E-state index in [1.807, 2.05) is 12.1 Å². The smallest absolute Gasteiger partial charge is 0.257 e. The van der Waals surface area contributed by atoms with E-state index < -0.39 is 0 Å². The quantitative estimate of drug-likeness (QED) is 0.880. The maximum absolute atomic E-state index is 12.4. The van der Waals surface area contributed by atoms with Crippen molar-refractivity contribution in [2.24, 2.45) is 0 Å². The van der Waals surface area contributed by atoms with Crippen LogP contribution in [0.1, 0.15) is 15.9 Å². The minimum absolute atomic E-state index is 0.0242. The molecule has 0 saturated heterocycles. The van der Waals surface area contributed by atoms with Gasteiger partial charge in [0.1, 0.15) is 6.61 Å². The fourth-order valence-electron chi connectivity index (χ4n) is 2.79. The SMILES string of the molecule is COCC(=O)N1CCc2ccc(NC(=O)c3ccc(Cl)cc3Cl)cc21. The van der Waals surface area contributed by atoms with Crippen molar-refractivity contribution >= 4 is 46.4 Å². The highest BCUT2D eigenvalue weighted by atomic mass is 35.5. The molecule has 1 N–H and O–H groups in total. The molecule has 0 unspecified atom stereocenters. The first-order valence-corrected chi connectivity index (χ1v) is 8.44. The summed E-state index contributed by atoms with van der Waals surface area (Å²) in [6.45, 7) is 0.633. The van der Waals surface area contributed by atoms with E-state index in [1.54, 1.807) is 23.1 Å². The van der Waals surface area contributed by atoms with Gasteiger partial charge in [0.2, 0.25) is 0 Å². The largest absolute Gasteiger partial charge is 0.375 e. The number of nitrogens with one attached hydrogen (secondary N) is 1. The fraction of sp³-hybridized carbons (Fsp3) is 0.222. The number of rotatable bonds is 4. The fourth-order valence-corrected chi connectivity index (χ4v) is 3.28. The molecule has 5 nitrogen and oxygen atoms in total. The van der Waals surface area contributed by atoms with Crippen molar-refractivity contribution in [2.45, 2.75) is 6.42 Å². The number of benzene rings is 2. The van der Waals surface area contributed by atoms with Crippen LogP contribution in [0, 0.1) is 0 Å². The van der Waals surface area contributed by atoms with Crippen molar-refractivity contribution in [1.82, 2.24) is 0 Å². The summed E-state index contributed by atoms with van der Waals surface area (Å²) in [7, 11) is 1.49. The Morgan fingerprint density at radius 2 is 2.00 bits per heavy atom. The molecule has 0 spiro atoms. The molecule has 1 aliphatic rings. The van der Waals surface area contributed by atoms with Crippen LogP contribution >= 0.6 is 23.2 Å². The monoisotopic (exact) mass is 378 g/mol. The minimum atomic E-state index is -0.339. The predicted molar refractivity (Wildman–Crippen MR) is 98.8 cm³/mol. The van der Waals surface area contributed by atoms with Crippen LogP contribution in [0.3, 0.4) is 0 Å². The maximum Gasteiger partial charge on any atom is 0.257 e. The molecular weight excluding hydrogens is 363 g/mol. The topological polar surface area (TPSA) is 58.6 Å². The van der Waals surface area contributed by atoms with Gasteiger partial charge in [0.15, 0.2) is 0 Å². The molecule has 1 heterocycles. The molecule has 0 bridgehead atoms. The standard InChI is InChI=1S/C18H16Cl2N2O3/c1-25-10-17(23)22-7-6-11-2-4-13(9-16(11)22)21-18(24)14-5-3-12(19)8-15(14)20/h2-5,8-9H,6-7,10H2,1H3,(H,21,24). The van der Waals surface area contributed by atoms with Crippen molar-refractivity contribution in [3.05, 3.63) is 57.6 Å². The molecule has 0 aromatic heterocycles. The molecule has 0 aliphatic carbocycles. The molecular formula is C18H16Cl2N2O3. The first-order chi connectivity index (χ1) is 12.0. The highest BCUT2D eigenvalue weighted by Crippen LogP contribution is 2.31. The lowest BCUT2D eigenvalue weighted by atomic mass is 10.1. The molecule has 25 heavy (non-hydrogen) atoms. The average Bonchev–Trinajstić information content (AvgIpc) is 2.98. The van der Waals surface area contributed by atoms with Gasteiger partial charge in [0, 0.05) is 30.1 Å². The van der Waals surface area contributed by atoms with Crippen molar-refractivity contribution < 1.29 is 14.3 Å². The Labute approximate surface area is 155 Å². The number of fused-ring (bicyclic) bond motifs is 1. The van der Waals surface area contributed by atoms with Crippen molar-refractivity contribution in [1.29, 1.82) is 0 Å². The molecule has 3 rings (SSSR count). The molecule has 130 valence electrons. The van der Waals surface area contributed by atoms with E-state index in [0.29, 0.717) is 22.8 Å².